The number of ether oxygens (including phenoxy) is 1. The fourth-order valence-corrected chi connectivity index (χ4v) is 5.00. The van der Waals surface area contributed by atoms with Crippen molar-refractivity contribution in [3.63, 3.8) is 0 Å². The van der Waals surface area contributed by atoms with Crippen LogP contribution < -0.4 is 4.74 Å². The highest BCUT2D eigenvalue weighted by atomic mass is 32.2. The molecule has 146 valence electrons. The smallest absolute Gasteiger partial charge is 0.243 e. The van der Waals surface area contributed by atoms with E-state index in [-0.39, 0.29) is 10.9 Å². The summed E-state index contributed by atoms with van der Waals surface area (Å²) >= 11 is 0. The first-order chi connectivity index (χ1) is 13.6. The largest absolute Gasteiger partial charge is 0.497 e. The Morgan fingerprint density at radius 2 is 1.89 bits per heavy atom. The number of rotatable bonds is 6. The molecule has 0 bridgehead atoms. The number of aromatic nitrogens is 5. The Hall–Kier alpha value is -2.85. The SMILES string of the molecule is COc1ccc(S(=O)(=O)N2CCC[C@@H]2Cn2nnc(-c3ccncc3)n2)cc1. The molecule has 9 nitrogen and oxygen atoms in total. The summed E-state index contributed by atoms with van der Waals surface area (Å²) in [4.78, 5) is 5.69. The fraction of sp³-hybridized carbons (Fsp3) is 0.333. The Morgan fingerprint density at radius 3 is 2.61 bits per heavy atom. The average molecular weight is 400 g/mol. The Morgan fingerprint density at radius 1 is 1.14 bits per heavy atom. The monoisotopic (exact) mass is 400 g/mol. The topological polar surface area (TPSA) is 103 Å². The number of benzene rings is 1. The Labute approximate surface area is 163 Å². The summed E-state index contributed by atoms with van der Waals surface area (Å²) in [7, 11) is -2.05. The second-order valence-corrected chi connectivity index (χ2v) is 8.38. The summed E-state index contributed by atoms with van der Waals surface area (Å²) < 4.78 is 32.8. The zero-order valence-electron chi connectivity index (χ0n) is 15.3. The first-order valence-corrected chi connectivity index (χ1v) is 10.4. The van der Waals surface area contributed by atoms with Crippen molar-refractivity contribution in [2.24, 2.45) is 0 Å². The minimum atomic E-state index is -3.60. The second-order valence-electron chi connectivity index (χ2n) is 6.49. The van der Waals surface area contributed by atoms with Gasteiger partial charge in [0.2, 0.25) is 15.8 Å². The Kier molecular flexibility index (Phi) is 5.05. The van der Waals surface area contributed by atoms with Crippen molar-refractivity contribution < 1.29 is 13.2 Å². The normalized spacial score (nSPS) is 17.7. The molecule has 0 spiro atoms. The summed E-state index contributed by atoms with van der Waals surface area (Å²) in [5.41, 5.74) is 0.815. The number of nitrogens with zero attached hydrogens (tertiary/aromatic N) is 6. The lowest BCUT2D eigenvalue weighted by Crippen LogP contribution is -2.38. The van der Waals surface area contributed by atoms with E-state index in [1.54, 1.807) is 55.9 Å². The van der Waals surface area contributed by atoms with Crippen LogP contribution in [0.1, 0.15) is 12.8 Å². The van der Waals surface area contributed by atoms with Crippen LogP contribution >= 0.6 is 0 Å². The molecule has 0 saturated carbocycles. The highest BCUT2D eigenvalue weighted by molar-refractivity contribution is 7.89. The predicted molar refractivity (Wildman–Crippen MR) is 101 cm³/mol. The number of tetrazole rings is 1. The molecule has 28 heavy (non-hydrogen) atoms. The van der Waals surface area contributed by atoms with Gasteiger partial charge < -0.3 is 4.74 Å². The van der Waals surface area contributed by atoms with Gasteiger partial charge in [0, 0.05) is 30.5 Å². The molecule has 3 heterocycles. The number of sulfonamides is 1. The summed E-state index contributed by atoms with van der Waals surface area (Å²) in [5.74, 6) is 1.11. The van der Waals surface area contributed by atoms with Gasteiger partial charge >= 0.3 is 0 Å². The zero-order chi connectivity index (χ0) is 19.6. The van der Waals surface area contributed by atoms with Gasteiger partial charge in [0.05, 0.1) is 18.6 Å². The van der Waals surface area contributed by atoms with Gasteiger partial charge in [-0.1, -0.05) is 0 Å². The molecule has 10 heteroatoms. The third-order valence-electron chi connectivity index (χ3n) is 4.75. The van der Waals surface area contributed by atoms with E-state index in [4.69, 9.17) is 4.74 Å². The van der Waals surface area contributed by atoms with Crippen LogP contribution in [-0.2, 0) is 16.6 Å². The van der Waals surface area contributed by atoms with E-state index in [2.05, 4.69) is 20.4 Å². The van der Waals surface area contributed by atoms with Crippen molar-refractivity contribution in [3.8, 4) is 17.1 Å². The minimum Gasteiger partial charge on any atom is -0.497 e. The molecule has 0 N–H and O–H groups in total. The molecule has 0 radical (unpaired) electrons. The highest BCUT2D eigenvalue weighted by Crippen LogP contribution is 2.28. The van der Waals surface area contributed by atoms with Crippen LogP contribution in [0.15, 0.2) is 53.7 Å². The van der Waals surface area contributed by atoms with Gasteiger partial charge in [-0.15, -0.1) is 10.2 Å². The first kappa shape index (κ1) is 18.5. The van der Waals surface area contributed by atoms with Crippen molar-refractivity contribution in [1.82, 2.24) is 29.5 Å². The lowest BCUT2D eigenvalue weighted by atomic mass is 10.2. The number of hydrogen-bond donors (Lipinski definition) is 0. The third kappa shape index (κ3) is 3.60. The highest BCUT2D eigenvalue weighted by Gasteiger charge is 2.36. The number of pyridine rings is 1. The molecule has 1 aliphatic heterocycles. The third-order valence-corrected chi connectivity index (χ3v) is 6.72. The minimum absolute atomic E-state index is 0.216. The maximum Gasteiger partial charge on any atom is 0.243 e. The zero-order valence-corrected chi connectivity index (χ0v) is 16.2. The summed E-state index contributed by atoms with van der Waals surface area (Å²) in [6, 6.07) is 9.83. The van der Waals surface area contributed by atoms with E-state index < -0.39 is 10.0 Å². The molecule has 4 rings (SSSR count). The number of methoxy groups -OCH3 is 1. The summed E-state index contributed by atoms with van der Waals surface area (Å²) in [6.07, 6.45) is 4.87. The molecule has 0 amide bonds. The lowest BCUT2D eigenvalue weighted by molar-refractivity contribution is 0.323. The molecule has 1 fully saturated rings. The van der Waals surface area contributed by atoms with Crippen molar-refractivity contribution in [2.75, 3.05) is 13.7 Å². The van der Waals surface area contributed by atoms with Crippen molar-refractivity contribution in [2.45, 2.75) is 30.3 Å². The van der Waals surface area contributed by atoms with Gasteiger partial charge in [0.25, 0.3) is 0 Å². The molecule has 0 aliphatic carbocycles. The van der Waals surface area contributed by atoms with Gasteiger partial charge in [-0.3, -0.25) is 4.98 Å². The van der Waals surface area contributed by atoms with Crippen LogP contribution in [0.25, 0.3) is 11.4 Å². The molecule has 0 unspecified atom stereocenters. The standard InChI is InChI=1S/C18H20N6O3S/c1-27-16-4-6-17(7-5-16)28(25,26)23-12-2-3-15(23)13-24-21-18(20-22-24)14-8-10-19-11-9-14/h4-11,15H,2-3,12-13H2,1H3/t15-/m1/s1. The molecule has 1 aliphatic rings. The molecular weight excluding hydrogens is 380 g/mol. The molecular formula is C18H20N6O3S. The maximum atomic E-state index is 13.1. The maximum absolute atomic E-state index is 13.1. The lowest BCUT2D eigenvalue weighted by Gasteiger charge is -2.23. The molecule has 2 aromatic heterocycles. The fourth-order valence-electron chi connectivity index (χ4n) is 3.32. The van der Waals surface area contributed by atoms with E-state index in [1.807, 2.05) is 0 Å². The van der Waals surface area contributed by atoms with E-state index >= 15 is 0 Å². The average Bonchev–Trinajstić information content (AvgIpc) is 3.39. The van der Waals surface area contributed by atoms with Gasteiger partial charge in [0.1, 0.15) is 5.75 Å². The van der Waals surface area contributed by atoms with Crippen molar-refractivity contribution >= 4 is 10.0 Å². The van der Waals surface area contributed by atoms with Crippen LogP contribution in [0.4, 0.5) is 0 Å². The molecule has 1 atom stereocenters. The first-order valence-electron chi connectivity index (χ1n) is 8.92. The van der Waals surface area contributed by atoms with E-state index in [1.165, 1.54) is 9.10 Å². The molecule has 3 aromatic rings. The second kappa shape index (κ2) is 7.64. The van der Waals surface area contributed by atoms with E-state index in [0.717, 1.165) is 18.4 Å². The van der Waals surface area contributed by atoms with Gasteiger partial charge in [-0.05, 0) is 54.5 Å². The van der Waals surface area contributed by atoms with E-state index in [9.17, 15) is 8.42 Å². The van der Waals surface area contributed by atoms with Gasteiger partial charge in [-0.2, -0.15) is 9.10 Å². The van der Waals surface area contributed by atoms with Crippen LogP contribution in [0.5, 0.6) is 5.75 Å². The summed E-state index contributed by atoms with van der Waals surface area (Å²) in [6.45, 7) is 0.832. The van der Waals surface area contributed by atoms with Crippen molar-refractivity contribution in [1.29, 1.82) is 0 Å². The quantitative estimate of drug-likeness (QED) is 0.619. The van der Waals surface area contributed by atoms with Crippen LogP contribution in [0, 0.1) is 0 Å². The number of hydrogen-bond acceptors (Lipinski definition) is 7. The van der Waals surface area contributed by atoms with Gasteiger partial charge in [0.15, 0.2) is 0 Å². The molecule has 1 saturated heterocycles. The Bertz CT molecular complexity index is 1040. The molecule has 1 aromatic carbocycles. The predicted octanol–water partition coefficient (Wildman–Crippen LogP) is 1.60. The summed E-state index contributed by atoms with van der Waals surface area (Å²) in [5, 5.41) is 12.5. The van der Waals surface area contributed by atoms with Crippen molar-refractivity contribution in [3.05, 3.63) is 48.8 Å². The van der Waals surface area contributed by atoms with Gasteiger partial charge in [-0.25, -0.2) is 8.42 Å². The van der Waals surface area contributed by atoms with Crippen LogP contribution in [0.3, 0.4) is 0 Å². The van der Waals surface area contributed by atoms with Crippen LogP contribution in [0.2, 0.25) is 0 Å². The Balaban J connectivity index is 1.53. The van der Waals surface area contributed by atoms with Crippen LogP contribution in [-0.4, -0.2) is 57.6 Å². The van der Waals surface area contributed by atoms with E-state index in [0.29, 0.717) is 24.7 Å².